The highest BCUT2D eigenvalue weighted by Crippen LogP contribution is 2.16. The number of halogens is 1. The van der Waals surface area contributed by atoms with Gasteiger partial charge in [0.1, 0.15) is 5.02 Å². The Morgan fingerprint density at radius 2 is 2.00 bits per heavy atom. The quantitative estimate of drug-likeness (QED) is 0.937. The average Bonchev–Trinajstić information content (AvgIpc) is 2.44. The molecule has 0 saturated heterocycles. The molecule has 98 valence electrons. The number of aromatic nitrogens is 1. The van der Waals surface area contributed by atoms with Crippen LogP contribution in [0.5, 0.6) is 0 Å². The minimum absolute atomic E-state index is 0.00923. The van der Waals surface area contributed by atoms with Gasteiger partial charge < -0.3 is 9.88 Å². The Hall–Kier alpha value is -2.07. The summed E-state index contributed by atoms with van der Waals surface area (Å²) >= 11 is 5.74. The number of hydrogen-bond donors (Lipinski definition) is 1. The smallest absolute Gasteiger partial charge is 0.266 e. The molecule has 4 nitrogen and oxygen atoms in total. The lowest BCUT2D eigenvalue weighted by atomic mass is 10.2. The van der Waals surface area contributed by atoms with Gasteiger partial charge in [-0.15, -0.1) is 0 Å². The molecular weight excluding hydrogens is 264 g/mol. The van der Waals surface area contributed by atoms with Gasteiger partial charge in [-0.05, 0) is 25.1 Å². The summed E-state index contributed by atoms with van der Waals surface area (Å²) < 4.78 is 0. The first-order chi connectivity index (χ1) is 9.13. The van der Waals surface area contributed by atoms with E-state index in [1.165, 1.54) is 12.3 Å². The second-order valence-electron chi connectivity index (χ2n) is 3.95. The lowest BCUT2D eigenvalue weighted by Crippen LogP contribution is -2.31. The molecule has 2 aromatic rings. The maximum absolute atomic E-state index is 12.4. The highest BCUT2D eigenvalue weighted by molar-refractivity contribution is 6.30. The number of rotatable bonds is 3. The Bertz CT molecular complexity index is 637. The number of nitrogens with one attached hydrogen (secondary N) is 1. The van der Waals surface area contributed by atoms with E-state index in [0.29, 0.717) is 12.1 Å². The molecule has 19 heavy (non-hydrogen) atoms. The van der Waals surface area contributed by atoms with Gasteiger partial charge in [0.25, 0.3) is 11.5 Å². The van der Waals surface area contributed by atoms with Crippen molar-refractivity contribution >= 4 is 23.2 Å². The number of benzene rings is 1. The lowest BCUT2D eigenvalue weighted by molar-refractivity contribution is 0.0988. The second-order valence-corrected chi connectivity index (χ2v) is 4.36. The Morgan fingerprint density at radius 3 is 2.58 bits per heavy atom. The largest absolute Gasteiger partial charge is 0.327 e. The molecule has 0 atom stereocenters. The number of carbonyl (C=O) groups excluding carboxylic acids is 1. The van der Waals surface area contributed by atoms with Crippen molar-refractivity contribution in [3.63, 3.8) is 0 Å². The van der Waals surface area contributed by atoms with Crippen LogP contribution in [0.1, 0.15) is 17.3 Å². The zero-order valence-corrected chi connectivity index (χ0v) is 11.1. The highest BCUT2D eigenvalue weighted by Gasteiger charge is 2.16. The van der Waals surface area contributed by atoms with Gasteiger partial charge in [-0.2, -0.15) is 0 Å². The molecule has 1 N–H and O–H groups in total. The summed E-state index contributed by atoms with van der Waals surface area (Å²) in [6.07, 6.45) is 1.38. The predicted molar refractivity (Wildman–Crippen MR) is 75.9 cm³/mol. The average molecular weight is 277 g/mol. The van der Waals surface area contributed by atoms with E-state index in [0.717, 1.165) is 5.69 Å². The van der Waals surface area contributed by atoms with Crippen LogP contribution in [-0.2, 0) is 0 Å². The van der Waals surface area contributed by atoms with E-state index in [9.17, 15) is 9.59 Å². The summed E-state index contributed by atoms with van der Waals surface area (Å²) in [5, 5.41) is 0.00923. The van der Waals surface area contributed by atoms with E-state index >= 15 is 0 Å². The third-order valence-corrected chi connectivity index (χ3v) is 3.01. The molecule has 0 aliphatic heterocycles. The summed E-state index contributed by atoms with van der Waals surface area (Å²) in [6, 6.07) is 10.7. The zero-order valence-electron chi connectivity index (χ0n) is 10.4. The van der Waals surface area contributed by atoms with Gasteiger partial charge in [-0.3, -0.25) is 9.59 Å². The number of pyridine rings is 1. The predicted octanol–water partition coefficient (Wildman–Crippen LogP) is 2.70. The fourth-order valence-electron chi connectivity index (χ4n) is 1.79. The molecule has 0 saturated carbocycles. The lowest BCUT2D eigenvalue weighted by Gasteiger charge is -2.20. The number of nitrogens with zero attached hydrogens (tertiary/aromatic N) is 1. The van der Waals surface area contributed by atoms with E-state index in [1.54, 1.807) is 4.90 Å². The van der Waals surface area contributed by atoms with Crippen molar-refractivity contribution in [3.05, 3.63) is 63.5 Å². The SMILES string of the molecule is CCN(C(=O)c1c[nH]c(=O)c(Cl)c1)c1ccccc1. The number of aromatic amines is 1. The van der Waals surface area contributed by atoms with Crippen LogP contribution in [0.25, 0.3) is 0 Å². The molecule has 0 unspecified atom stereocenters. The standard InChI is InChI=1S/C14H13ClN2O2/c1-2-17(11-6-4-3-5-7-11)14(19)10-8-12(15)13(18)16-9-10/h3-9H,2H2,1H3,(H,16,18). The van der Waals surface area contributed by atoms with Crippen molar-refractivity contribution in [2.24, 2.45) is 0 Å². The summed E-state index contributed by atoms with van der Waals surface area (Å²) in [6.45, 7) is 2.41. The first kappa shape index (κ1) is 13.4. The Morgan fingerprint density at radius 1 is 1.32 bits per heavy atom. The van der Waals surface area contributed by atoms with Crippen LogP contribution >= 0.6 is 11.6 Å². The molecule has 0 aliphatic rings. The third-order valence-electron chi connectivity index (χ3n) is 2.73. The topological polar surface area (TPSA) is 53.2 Å². The van der Waals surface area contributed by atoms with Crippen LogP contribution < -0.4 is 10.5 Å². The molecule has 1 heterocycles. The van der Waals surface area contributed by atoms with Gasteiger partial charge in [0, 0.05) is 18.4 Å². The Labute approximate surface area is 115 Å². The first-order valence-corrected chi connectivity index (χ1v) is 6.26. The van der Waals surface area contributed by atoms with Crippen molar-refractivity contribution < 1.29 is 4.79 Å². The van der Waals surface area contributed by atoms with E-state index in [2.05, 4.69) is 4.98 Å². The molecule has 0 aliphatic carbocycles. The number of H-pyrrole nitrogens is 1. The minimum atomic E-state index is -0.402. The molecule has 2 rings (SSSR count). The summed E-state index contributed by atoms with van der Waals surface area (Å²) in [4.78, 5) is 27.6. The van der Waals surface area contributed by atoms with Gasteiger partial charge in [0.15, 0.2) is 0 Å². The van der Waals surface area contributed by atoms with E-state index < -0.39 is 5.56 Å². The van der Waals surface area contributed by atoms with Gasteiger partial charge in [0.05, 0.1) is 5.56 Å². The van der Waals surface area contributed by atoms with E-state index in [4.69, 9.17) is 11.6 Å². The normalized spacial score (nSPS) is 10.2. The number of para-hydroxylation sites is 1. The summed E-state index contributed by atoms with van der Waals surface area (Å²) in [5.74, 6) is -0.202. The van der Waals surface area contributed by atoms with Crippen LogP contribution in [0.4, 0.5) is 5.69 Å². The van der Waals surface area contributed by atoms with Crippen LogP contribution in [0.15, 0.2) is 47.4 Å². The highest BCUT2D eigenvalue weighted by atomic mass is 35.5. The zero-order chi connectivity index (χ0) is 13.8. The number of amides is 1. The van der Waals surface area contributed by atoms with Crippen LogP contribution in [-0.4, -0.2) is 17.4 Å². The number of anilines is 1. The van der Waals surface area contributed by atoms with Crippen LogP contribution in [0.3, 0.4) is 0 Å². The minimum Gasteiger partial charge on any atom is -0.327 e. The van der Waals surface area contributed by atoms with Gasteiger partial charge in [-0.1, -0.05) is 29.8 Å². The molecule has 1 aromatic carbocycles. The monoisotopic (exact) mass is 276 g/mol. The molecule has 0 spiro atoms. The second kappa shape index (κ2) is 5.71. The molecule has 0 radical (unpaired) electrons. The Balaban J connectivity index is 2.36. The number of hydrogen-bond acceptors (Lipinski definition) is 2. The molecule has 5 heteroatoms. The van der Waals surface area contributed by atoms with Crippen molar-refractivity contribution in [2.45, 2.75) is 6.92 Å². The van der Waals surface area contributed by atoms with Crippen LogP contribution in [0.2, 0.25) is 5.02 Å². The third kappa shape index (κ3) is 2.85. The van der Waals surface area contributed by atoms with Crippen molar-refractivity contribution in [1.82, 2.24) is 4.98 Å². The van der Waals surface area contributed by atoms with E-state index in [1.807, 2.05) is 37.3 Å². The van der Waals surface area contributed by atoms with Gasteiger partial charge in [-0.25, -0.2) is 0 Å². The molecule has 0 bridgehead atoms. The summed E-state index contributed by atoms with van der Waals surface area (Å²) in [7, 11) is 0. The Kier molecular flexibility index (Phi) is 4.02. The van der Waals surface area contributed by atoms with E-state index in [-0.39, 0.29) is 10.9 Å². The maximum Gasteiger partial charge on any atom is 0.266 e. The number of carbonyl (C=O) groups is 1. The molecular formula is C14H13ClN2O2. The fraction of sp³-hybridized carbons (Fsp3) is 0.143. The maximum atomic E-state index is 12.4. The van der Waals surface area contributed by atoms with Crippen molar-refractivity contribution in [3.8, 4) is 0 Å². The van der Waals surface area contributed by atoms with Gasteiger partial charge >= 0.3 is 0 Å². The molecule has 0 fully saturated rings. The van der Waals surface area contributed by atoms with Crippen molar-refractivity contribution in [1.29, 1.82) is 0 Å². The van der Waals surface area contributed by atoms with Gasteiger partial charge in [0.2, 0.25) is 0 Å². The fourth-order valence-corrected chi connectivity index (χ4v) is 1.96. The van der Waals surface area contributed by atoms with Crippen LogP contribution in [0, 0.1) is 0 Å². The summed E-state index contributed by atoms with van der Waals surface area (Å²) in [5.41, 5.74) is 0.758. The molecule has 1 aromatic heterocycles. The first-order valence-electron chi connectivity index (χ1n) is 5.88. The van der Waals surface area contributed by atoms with Crippen molar-refractivity contribution in [2.75, 3.05) is 11.4 Å². The molecule has 1 amide bonds.